The lowest BCUT2D eigenvalue weighted by atomic mass is 10.0. The summed E-state index contributed by atoms with van der Waals surface area (Å²) >= 11 is 1.36. The number of aromatic nitrogens is 2. The third-order valence-electron chi connectivity index (χ3n) is 4.72. The summed E-state index contributed by atoms with van der Waals surface area (Å²) in [5.74, 6) is 1.67. The van der Waals surface area contributed by atoms with Gasteiger partial charge in [0.25, 0.3) is 0 Å². The van der Waals surface area contributed by atoms with E-state index in [0.29, 0.717) is 12.3 Å². The van der Waals surface area contributed by atoms with Crippen molar-refractivity contribution < 1.29 is 14.3 Å². The number of benzene rings is 2. The normalized spacial score (nSPS) is 12.1. The molecule has 1 amide bonds. The summed E-state index contributed by atoms with van der Waals surface area (Å²) in [7, 11) is 0. The van der Waals surface area contributed by atoms with E-state index in [2.05, 4.69) is 41.5 Å². The first kappa shape index (κ1) is 19.3. The number of rotatable bonds is 6. The Hall–Kier alpha value is -3.06. The molecule has 7 heteroatoms. The number of carbonyl (C=O) groups is 1. The molecule has 0 spiro atoms. The monoisotopic (exact) mass is 407 g/mol. The molecule has 29 heavy (non-hydrogen) atoms. The highest BCUT2D eigenvalue weighted by molar-refractivity contribution is 7.99. The van der Waals surface area contributed by atoms with Crippen molar-refractivity contribution in [2.75, 3.05) is 12.5 Å². The average molecular weight is 407 g/mol. The van der Waals surface area contributed by atoms with Crippen LogP contribution < -0.4 is 14.8 Å². The molecule has 0 saturated heterocycles. The van der Waals surface area contributed by atoms with Crippen LogP contribution in [0.3, 0.4) is 0 Å². The number of amides is 1. The minimum atomic E-state index is -0.0623. The molecule has 3 aromatic rings. The third-order valence-corrected chi connectivity index (χ3v) is 5.64. The first-order chi connectivity index (χ1) is 14.1. The van der Waals surface area contributed by atoms with Crippen LogP contribution in [0, 0.1) is 13.8 Å². The number of aryl methyl sites for hydroxylation is 2. The van der Waals surface area contributed by atoms with Crippen molar-refractivity contribution in [3.63, 3.8) is 0 Å². The van der Waals surface area contributed by atoms with E-state index in [-0.39, 0.29) is 18.5 Å². The number of thioether (sulfide) groups is 1. The highest BCUT2D eigenvalue weighted by Gasteiger charge is 2.13. The van der Waals surface area contributed by atoms with Gasteiger partial charge in [0.15, 0.2) is 11.5 Å². The van der Waals surface area contributed by atoms with Gasteiger partial charge in [-0.2, -0.15) is 0 Å². The molecule has 0 radical (unpaired) electrons. The van der Waals surface area contributed by atoms with Crippen molar-refractivity contribution >= 4 is 17.7 Å². The van der Waals surface area contributed by atoms with Gasteiger partial charge in [-0.15, -0.1) is 10.2 Å². The Morgan fingerprint density at radius 1 is 1.00 bits per heavy atom. The number of nitrogens with zero attached hydrogens (tertiary/aromatic N) is 2. The Kier molecular flexibility index (Phi) is 5.67. The van der Waals surface area contributed by atoms with Crippen LogP contribution in [-0.2, 0) is 11.3 Å². The third kappa shape index (κ3) is 4.68. The molecular formula is C22H21N3O3S. The van der Waals surface area contributed by atoms with Crippen molar-refractivity contribution in [3.8, 4) is 22.8 Å². The summed E-state index contributed by atoms with van der Waals surface area (Å²) < 4.78 is 10.6. The van der Waals surface area contributed by atoms with Gasteiger partial charge in [0.1, 0.15) is 5.03 Å². The molecule has 4 rings (SSSR count). The molecule has 0 fully saturated rings. The molecule has 0 unspecified atom stereocenters. The first-order valence-corrected chi connectivity index (χ1v) is 10.3. The number of hydrogen-bond donors (Lipinski definition) is 1. The van der Waals surface area contributed by atoms with Crippen molar-refractivity contribution in [1.82, 2.24) is 15.5 Å². The van der Waals surface area contributed by atoms with Crippen LogP contribution in [0.2, 0.25) is 0 Å². The largest absolute Gasteiger partial charge is 0.454 e. The predicted molar refractivity (Wildman–Crippen MR) is 112 cm³/mol. The first-order valence-electron chi connectivity index (χ1n) is 9.28. The minimum Gasteiger partial charge on any atom is -0.454 e. The zero-order valence-corrected chi connectivity index (χ0v) is 17.1. The van der Waals surface area contributed by atoms with Gasteiger partial charge in [-0.05, 0) is 60.9 Å². The van der Waals surface area contributed by atoms with E-state index in [9.17, 15) is 4.79 Å². The zero-order valence-electron chi connectivity index (χ0n) is 16.3. The summed E-state index contributed by atoms with van der Waals surface area (Å²) in [6.45, 7) is 4.85. The maximum atomic E-state index is 12.1. The van der Waals surface area contributed by atoms with Crippen LogP contribution in [0.5, 0.6) is 11.5 Å². The molecule has 6 nitrogen and oxygen atoms in total. The molecule has 2 aromatic carbocycles. The van der Waals surface area contributed by atoms with Crippen LogP contribution in [0.15, 0.2) is 53.6 Å². The molecule has 0 saturated carbocycles. The van der Waals surface area contributed by atoms with Gasteiger partial charge in [-0.1, -0.05) is 30.0 Å². The highest BCUT2D eigenvalue weighted by Crippen LogP contribution is 2.32. The maximum absolute atomic E-state index is 12.1. The van der Waals surface area contributed by atoms with Gasteiger partial charge >= 0.3 is 0 Å². The van der Waals surface area contributed by atoms with E-state index >= 15 is 0 Å². The maximum Gasteiger partial charge on any atom is 0.231 e. The second-order valence-corrected chi connectivity index (χ2v) is 7.80. The standard InChI is InChI=1S/C22H21N3O3S/c1-14-3-5-17(9-15(14)2)18-6-8-22(25-24-18)29-12-21(26)23-11-16-4-7-19-20(10-16)28-13-27-19/h3-10H,11-13H2,1-2H3,(H,23,26). The Morgan fingerprint density at radius 3 is 2.66 bits per heavy atom. The molecule has 1 aromatic heterocycles. The summed E-state index contributed by atoms with van der Waals surface area (Å²) in [5.41, 5.74) is 5.30. The van der Waals surface area contributed by atoms with Crippen molar-refractivity contribution in [2.45, 2.75) is 25.4 Å². The number of hydrogen-bond acceptors (Lipinski definition) is 6. The fourth-order valence-electron chi connectivity index (χ4n) is 2.89. The van der Waals surface area contributed by atoms with E-state index in [1.54, 1.807) is 0 Å². The molecule has 0 atom stereocenters. The Bertz CT molecular complexity index is 1040. The van der Waals surface area contributed by atoms with Crippen LogP contribution in [0.25, 0.3) is 11.3 Å². The molecule has 0 aliphatic carbocycles. The zero-order chi connectivity index (χ0) is 20.2. The van der Waals surface area contributed by atoms with Crippen LogP contribution >= 0.6 is 11.8 Å². The Balaban J connectivity index is 1.28. The van der Waals surface area contributed by atoms with Gasteiger partial charge in [-0.25, -0.2) is 0 Å². The molecular weight excluding hydrogens is 386 g/mol. The quantitative estimate of drug-likeness (QED) is 0.625. The minimum absolute atomic E-state index is 0.0623. The number of fused-ring (bicyclic) bond motifs is 1. The van der Waals surface area contributed by atoms with Gasteiger partial charge in [-0.3, -0.25) is 4.79 Å². The molecule has 1 aliphatic heterocycles. The summed E-state index contributed by atoms with van der Waals surface area (Å²) in [5, 5.41) is 12.2. The molecule has 1 aliphatic rings. The second kappa shape index (κ2) is 8.53. The lowest BCUT2D eigenvalue weighted by molar-refractivity contribution is -0.118. The molecule has 0 bridgehead atoms. The summed E-state index contributed by atoms with van der Waals surface area (Å²) in [6, 6.07) is 15.7. The second-order valence-electron chi connectivity index (χ2n) is 6.81. The number of carbonyl (C=O) groups excluding carboxylic acids is 1. The van der Waals surface area contributed by atoms with Gasteiger partial charge in [0.05, 0.1) is 11.4 Å². The lowest BCUT2D eigenvalue weighted by Gasteiger charge is -2.07. The van der Waals surface area contributed by atoms with Crippen LogP contribution in [-0.4, -0.2) is 28.7 Å². The fraction of sp³-hybridized carbons (Fsp3) is 0.227. The van der Waals surface area contributed by atoms with Crippen molar-refractivity contribution in [3.05, 3.63) is 65.2 Å². The van der Waals surface area contributed by atoms with E-state index in [0.717, 1.165) is 27.6 Å². The van der Waals surface area contributed by atoms with Crippen molar-refractivity contribution in [2.24, 2.45) is 0 Å². The van der Waals surface area contributed by atoms with Crippen molar-refractivity contribution in [1.29, 1.82) is 0 Å². The summed E-state index contributed by atoms with van der Waals surface area (Å²) in [6.07, 6.45) is 0. The van der Waals surface area contributed by atoms with E-state index < -0.39 is 0 Å². The number of ether oxygens (including phenoxy) is 2. The van der Waals surface area contributed by atoms with Gasteiger partial charge in [0.2, 0.25) is 12.7 Å². The summed E-state index contributed by atoms with van der Waals surface area (Å²) in [4.78, 5) is 12.1. The van der Waals surface area contributed by atoms with Crippen LogP contribution in [0.1, 0.15) is 16.7 Å². The predicted octanol–water partition coefficient (Wildman–Crippen LogP) is 3.90. The fourth-order valence-corrected chi connectivity index (χ4v) is 3.54. The van der Waals surface area contributed by atoms with E-state index in [1.165, 1.54) is 22.9 Å². The Labute approximate surface area is 173 Å². The highest BCUT2D eigenvalue weighted by atomic mass is 32.2. The smallest absolute Gasteiger partial charge is 0.231 e. The SMILES string of the molecule is Cc1ccc(-c2ccc(SCC(=O)NCc3ccc4c(c3)OCO4)nn2)cc1C. The molecule has 2 heterocycles. The van der Waals surface area contributed by atoms with Gasteiger partial charge < -0.3 is 14.8 Å². The lowest BCUT2D eigenvalue weighted by Crippen LogP contribution is -2.24. The Morgan fingerprint density at radius 2 is 1.86 bits per heavy atom. The van der Waals surface area contributed by atoms with Gasteiger partial charge in [0, 0.05) is 12.1 Å². The topological polar surface area (TPSA) is 73.3 Å². The average Bonchev–Trinajstić information content (AvgIpc) is 3.21. The van der Waals surface area contributed by atoms with Crippen LogP contribution in [0.4, 0.5) is 0 Å². The van der Waals surface area contributed by atoms with E-state index in [1.807, 2.05) is 36.4 Å². The molecule has 1 N–H and O–H groups in total. The van der Waals surface area contributed by atoms with E-state index in [4.69, 9.17) is 9.47 Å². The molecule has 148 valence electrons. The number of nitrogens with one attached hydrogen (secondary N) is 1.